The number of hydrogen-bond donors (Lipinski definition) is 1. The zero-order valence-electron chi connectivity index (χ0n) is 12.7. The van der Waals surface area contributed by atoms with E-state index in [-0.39, 0.29) is 16.8 Å². The van der Waals surface area contributed by atoms with E-state index in [9.17, 15) is 9.59 Å². The van der Waals surface area contributed by atoms with Gasteiger partial charge in [0, 0.05) is 22.3 Å². The Labute approximate surface area is 132 Å². The summed E-state index contributed by atoms with van der Waals surface area (Å²) in [6.07, 6.45) is 0. The number of thiazole rings is 1. The van der Waals surface area contributed by atoms with Crippen LogP contribution in [0.3, 0.4) is 0 Å². The van der Waals surface area contributed by atoms with Crippen LogP contribution in [0.4, 0.5) is 0 Å². The van der Waals surface area contributed by atoms with E-state index < -0.39 is 0 Å². The molecule has 1 atom stereocenters. The summed E-state index contributed by atoms with van der Waals surface area (Å²) in [5.41, 5.74) is 3.62. The average molecular weight is 322 g/mol. The molecule has 0 aliphatic heterocycles. The second-order valence-electron chi connectivity index (χ2n) is 5.06. The minimum absolute atomic E-state index is 0.000882. The molecule has 2 aromatic heterocycles. The Bertz CT molecular complexity index is 701. The first-order valence-corrected chi connectivity index (χ1v) is 8.40. The number of H-pyrrole nitrogens is 1. The summed E-state index contributed by atoms with van der Waals surface area (Å²) in [6.45, 7) is 8.96. The maximum Gasteiger partial charge on any atom is 0.192 e. The van der Waals surface area contributed by atoms with Crippen molar-refractivity contribution in [3.8, 4) is 0 Å². The van der Waals surface area contributed by atoms with Crippen LogP contribution in [-0.4, -0.2) is 26.8 Å². The number of nitrogens with one attached hydrogen (secondary N) is 1. The number of thioether (sulfide) groups is 1. The summed E-state index contributed by atoms with van der Waals surface area (Å²) in [5.74, 6) is -0.0166. The molecule has 0 aliphatic rings. The molecule has 21 heavy (non-hydrogen) atoms. The van der Waals surface area contributed by atoms with Crippen molar-refractivity contribution in [1.29, 1.82) is 0 Å². The molecule has 0 aromatic carbocycles. The Balaban J connectivity index is 2.23. The van der Waals surface area contributed by atoms with Crippen molar-refractivity contribution < 1.29 is 9.59 Å². The van der Waals surface area contributed by atoms with Crippen LogP contribution in [-0.2, 0) is 0 Å². The molecule has 0 bridgehead atoms. The van der Waals surface area contributed by atoms with Gasteiger partial charge in [0.1, 0.15) is 0 Å². The molecule has 0 fully saturated rings. The van der Waals surface area contributed by atoms with Crippen molar-refractivity contribution >= 4 is 34.7 Å². The molecule has 0 amide bonds. The fourth-order valence-corrected chi connectivity index (χ4v) is 4.36. The number of nitrogens with zero attached hydrogens (tertiary/aromatic N) is 1. The molecular formula is C15H18N2O2S2. The van der Waals surface area contributed by atoms with Gasteiger partial charge >= 0.3 is 0 Å². The monoisotopic (exact) mass is 322 g/mol. The Kier molecular flexibility index (Phi) is 4.68. The number of carbonyl (C=O) groups excluding carboxylic acids is 2. The van der Waals surface area contributed by atoms with Gasteiger partial charge in [-0.25, -0.2) is 4.98 Å². The fraction of sp³-hybridized carbons (Fsp3) is 0.400. The molecule has 0 aliphatic carbocycles. The van der Waals surface area contributed by atoms with E-state index >= 15 is 0 Å². The lowest BCUT2D eigenvalue weighted by Gasteiger charge is -2.08. The fourth-order valence-electron chi connectivity index (χ4n) is 2.32. The predicted octanol–water partition coefficient (Wildman–Crippen LogP) is 3.96. The van der Waals surface area contributed by atoms with Crippen LogP contribution in [0, 0.1) is 20.8 Å². The van der Waals surface area contributed by atoms with E-state index in [0.29, 0.717) is 11.3 Å². The van der Waals surface area contributed by atoms with Gasteiger partial charge in [-0.3, -0.25) is 9.59 Å². The maximum absolute atomic E-state index is 12.6. The average Bonchev–Trinajstić information content (AvgIpc) is 2.92. The highest BCUT2D eigenvalue weighted by Crippen LogP contribution is 2.30. The number of carbonyl (C=O) groups is 2. The van der Waals surface area contributed by atoms with Crippen LogP contribution in [0.2, 0.25) is 0 Å². The summed E-state index contributed by atoms with van der Waals surface area (Å²) >= 11 is 3.00. The highest BCUT2D eigenvalue weighted by molar-refractivity contribution is 8.02. The van der Waals surface area contributed by atoms with Crippen molar-refractivity contribution in [2.45, 2.75) is 44.2 Å². The number of aromatic nitrogens is 2. The Morgan fingerprint density at radius 3 is 2.48 bits per heavy atom. The van der Waals surface area contributed by atoms with E-state index in [1.165, 1.54) is 18.7 Å². The van der Waals surface area contributed by atoms with E-state index in [1.807, 2.05) is 33.1 Å². The van der Waals surface area contributed by atoms with Crippen LogP contribution in [0.25, 0.3) is 0 Å². The van der Waals surface area contributed by atoms with Gasteiger partial charge in [0.25, 0.3) is 0 Å². The smallest absolute Gasteiger partial charge is 0.192 e. The van der Waals surface area contributed by atoms with Crippen molar-refractivity contribution in [1.82, 2.24) is 9.97 Å². The molecule has 2 heterocycles. The zero-order chi connectivity index (χ0) is 15.7. The van der Waals surface area contributed by atoms with Crippen molar-refractivity contribution in [3.63, 3.8) is 0 Å². The molecule has 0 unspecified atom stereocenters. The Morgan fingerprint density at radius 1 is 1.33 bits per heavy atom. The third-order valence-corrected chi connectivity index (χ3v) is 5.47. The van der Waals surface area contributed by atoms with E-state index in [0.717, 1.165) is 21.3 Å². The number of aromatic amines is 1. The van der Waals surface area contributed by atoms with Crippen LogP contribution in [0.5, 0.6) is 0 Å². The Hall–Kier alpha value is -1.40. The molecule has 2 aromatic rings. The maximum atomic E-state index is 12.6. The van der Waals surface area contributed by atoms with Crippen molar-refractivity contribution in [2.75, 3.05) is 0 Å². The molecule has 4 nitrogen and oxygen atoms in total. The van der Waals surface area contributed by atoms with Gasteiger partial charge in [-0.1, -0.05) is 11.8 Å². The minimum Gasteiger partial charge on any atom is -0.355 e. The van der Waals surface area contributed by atoms with Crippen molar-refractivity contribution in [3.05, 3.63) is 33.6 Å². The minimum atomic E-state index is -0.243. The van der Waals surface area contributed by atoms with Gasteiger partial charge in [0.15, 0.2) is 15.9 Å². The lowest BCUT2D eigenvalue weighted by Crippen LogP contribution is -2.15. The molecule has 6 heteroatoms. The number of rotatable bonds is 5. The molecule has 112 valence electrons. The normalized spacial score (nSPS) is 12.4. The summed E-state index contributed by atoms with van der Waals surface area (Å²) in [5, 5.41) is 1.73. The highest BCUT2D eigenvalue weighted by atomic mass is 32.2. The molecular weight excluding hydrogens is 304 g/mol. The SMILES string of the molecule is CC(=O)c1c(C)[nH]c(C(=O)[C@H](C)Sc2nc(C)cs2)c1C. The van der Waals surface area contributed by atoms with Crippen LogP contribution < -0.4 is 0 Å². The van der Waals surface area contributed by atoms with Gasteiger partial charge in [-0.15, -0.1) is 11.3 Å². The molecule has 0 radical (unpaired) electrons. The summed E-state index contributed by atoms with van der Waals surface area (Å²) < 4.78 is 0.890. The van der Waals surface area contributed by atoms with Crippen LogP contribution in [0.15, 0.2) is 9.72 Å². The second-order valence-corrected chi connectivity index (χ2v) is 7.51. The number of Topliss-reactive ketones (excluding diaryl/α,β-unsaturated/α-hetero) is 2. The van der Waals surface area contributed by atoms with Crippen LogP contribution in [0.1, 0.15) is 51.6 Å². The highest BCUT2D eigenvalue weighted by Gasteiger charge is 2.24. The zero-order valence-corrected chi connectivity index (χ0v) is 14.4. The topological polar surface area (TPSA) is 62.8 Å². The quantitative estimate of drug-likeness (QED) is 0.668. The van der Waals surface area contributed by atoms with Gasteiger partial charge in [0.2, 0.25) is 0 Å². The molecule has 0 saturated heterocycles. The van der Waals surface area contributed by atoms with Crippen LogP contribution >= 0.6 is 23.1 Å². The standard InChI is InChI=1S/C15H18N2O2S2/c1-7-6-20-15(16-7)21-11(5)14(19)13-8(2)12(10(4)18)9(3)17-13/h6,11,17H,1-5H3/t11-/m0/s1. The predicted molar refractivity (Wildman–Crippen MR) is 86.8 cm³/mol. The van der Waals surface area contributed by atoms with Gasteiger partial charge in [-0.2, -0.15) is 0 Å². The molecule has 1 N–H and O–H groups in total. The first-order chi connectivity index (χ1) is 9.81. The van der Waals surface area contributed by atoms with Crippen molar-refractivity contribution in [2.24, 2.45) is 0 Å². The third kappa shape index (κ3) is 3.27. The summed E-state index contributed by atoms with van der Waals surface area (Å²) in [6, 6.07) is 0. The van der Waals surface area contributed by atoms with Gasteiger partial charge in [0.05, 0.1) is 10.9 Å². The number of aryl methyl sites for hydroxylation is 2. The van der Waals surface area contributed by atoms with E-state index in [4.69, 9.17) is 0 Å². The largest absolute Gasteiger partial charge is 0.355 e. The molecule has 0 spiro atoms. The second kappa shape index (κ2) is 6.15. The number of ketones is 2. The lowest BCUT2D eigenvalue weighted by atomic mass is 10.0. The van der Waals surface area contributed by atoms with Gasteiger partial charge in [-0.05, 0) is 40.2 Å². The van der Waals surface area contributed by atoms with E-state index in [1.54, 1.807) is 11.3 Å². The number of hydrogen-bond acceptors (Lipinski definition) is 5. The first-order valence-electron chi connectivity index (χ1n) is 6.64. The summed E-state index contributed by atoms with van der Waals surface area (Å²) in [4.78, 5) is 31.7. The third-order valence-electron chi connectivity index (χ3n) is 3.28. The first kappa shape index (κ1) is 16.0. The lowest BCUT2D eigenvalue weighted by molar-refractivity contribution is 0.0988. The molecule has 0 saturated carbocycles. The molecule has 2 rings (SSSR count). The Morgan fingerprint density at radius 2 is 2.00 bits per heavy atom. The van der Waals surface area contributed by atoms with Gasteiger partial charge < -0.3 is 4.98 Å². The summed E-state index contributed by atoms with van der Waals surface area (Å²) in [7, 11) is 0. The van der Waals surface area contributed by atoms with E-state index in [2.05, 4.69) is 9.97 Å².